The maximum atomic E-state index is 5.49. The highest BCUT2D eigenvalue weighted by Gasteiger charge is 2.20. The number of ether oxygens (including phenoxy) is 1. The summed E-state index contributed by atoms with van der Waals surface area (Å²) >= 11 is 0. The van der Waals surface area contributed by atoms with Crippen molar-refractivity contribution in [1.82, 2.24) is 25.3 Å². The topological polar surface area (TPSA) is 79.0 Å². The van der Waals surface area contributed by atoms with E-state index < -0.39 is 0 Å². The number of methoxy groups -OCH3 is 1. The fourth-order valence-corrected chi connectivity index (χ4v) is 3.41. The highest BCUT2D eigenvalue weighted by molar-refractivity contribution is 5.80. The van der Waals surface area contributed by atoms with Crippen molar-refractivity contribution in [2.75, 3.05) is 40.3 Å². The second-order valence-corrected chi connectivity index (χ2v) is 6.70. The van der Waals surface area contributed by atoms with Crippen molar-refractivity contribution in [2.45, 2.75) is 26.9 Å². The van der Waals surface area contributed by atoms with E-state index in [1.807, 2.05) is 33.2 Å². The molecule has 2 aromatic heterocycles. The van der Waals surface area contributed by atoms with Gasteiger partial charge < -0.3 is 19.5 Å². The number of aryl methyl sites for hydroxylation is 1. The van der Waals surface area contributed by atoms with Crippen LogP contribution >= 0.6 is 0 Å². The molecule has 3 heterocycles. The number of nitrogens with zero attached hydrogens (tertiary/aromatic N) is 5. The first-order valence-electron chi connectivity index (χ1n) is 9.18. The highest BCUT2D eigenvalue weighted by Crippen LogP contribution is 2.23. The van der Waals surface area contributed by atoms with Crippen molar-refractivity contribution in [2.24, 2.45) is 4.99 Å². The Balaban J connectivity index is 1.54. The van der Waals surface area contributed by atoms with Crippen LogP contribution in [0.3, 0.4) is 0 Å². The Morgan fingerprint density at radius 2 is 2.07 bits per heavy atom. The van der Waals surface area contributed by atoms with Gasteiger partial charge in [0.25, 0.3) is 0 Å². The third-order valence-corrected chi connectivity index (χ3v) is 4.92. The molecule has 0 aromatic carbocycles. The van der Waals surface area contributed by atoms with E-state index in [-0.39, 0.29) is 0 Å². The molecule has 1 fully saturated rings. The van der Waals surface area contributed by atoms with Crippen molar-refractivity contribution in [1.29, 1.82) is 0 Å². The molecular formula is C19H28N6O2. The zero-order chi connectivity index (χ0) is 19.2. The average molecular weight is 372 g/mol. The molecule has 0 unspecified atom stereocenters. The number of nitrogens with one attached hydrogen (secondary N) is 1. The summed E-state index contributed by atoms with van der Waals surface area (Å²) in [4.78, 5) is 13.6. The Bertz CT molecular complexity index is 767. The third kappa shape index (κ3) is 4.57. The predicted molar refractivity (Wildman–Crippen MR) is 104 cm³/mol. The minimum Gasteiger partial charge on any atom is -0.496 e. The quantitative estimate of drug-likeness (QED) is 0.631. The summed E-state index contributed by atoms with van der Waals surface area (Å²) in [6, 6.07) is 1.91. The molecule has 146 valence electrons. The third-order valence-electron chi connectivity index (χ3n) is 4.92. The van der Waals surface area contributed by atoms with Crippen molar-refractivity contribution < 1.29 is 9.26 Å². The molecular weight excluding hydrogens is 344 g/mol. The van der Waals surface area contributed by atoms with Gasteiger partial charge in [0.15, 0.2) is 5.96 Å². The van der Waals surface area contributed by atoms with E-state index in [0.717, 1.165) is 66.9 Å². The number of hydrogen-bond acceptors (Lipinski definition) is 6. The minimum absolute atomic E-state index is 0.619. The Kier molecular flexibility index (Phi) is 6.28. The number of piperazine rings is 1. The molecule has 0 atom stereocenters. The number of aromatic nitrogens is 2. The lowest BCUT2D eigenvalue weighted by Gasteiger charge is -2.36. The van der Waals surface area contributed by atoms with E-state index >= 15 is 0 Å². The van der Waals surface area contributed by atoms with E-state index in [2.05, 4.69) is 30.2 Å². The summed E-state index contributed by atoms with van der Waals surface area (Å²) in [5.41, 5.74) is 4.06. The fourth-order valence-electron chi connectivity index (χ4n) is 3.41. The largest absolute Gasteiger partial charge is 0.496 e. The monoisotopic (exact) mass is 372 g/mol. The number of hydrogen-bond donors (Lipinski definition) is 1. The van der Waals surface area contributed by atoms with E-state index in [4.69, 9.17) is 9.26 Å². The number of guanidine groups is 1. The summed E-state index contributed by atoms with van der Waals surface area (Å²) in [6.45, 7) is 9.25. The molecule has 2 aromatic rings. The molecule has 1 N–H and O–H groups in total. The second-order valence-electron chi connectivity index (χ2n) is 6.70. The lowest BCUT2D eigenvalue weighted by Crippen LogP contribution is -2.52. The van der Waals surface area contributed by atoms with Gasteiger partial charge in [-0.1, -0.05) is 5.16 Å². The van der Waals surface area contributed by atoms with Crippen molar-refractivity contribution >= 4 is 5.96 Å². The Morgan fingerprint density at radius 1 is 1.30 bits per heavy atom. The summed E-state index contributed by atoms with van der Waals surface area (Å²) in [6.07, 6.45) is 3.47. The SMILES string of the molecule is CN=C(NCc1ncc(C)c(OC)c1C)N1CCN(Cc2ccon2)CC1. The molecule has 8 heteroatoms. The molecule has 1 aliphatic rings. The van der Waals surface area contributed by atoms with Gasteiger partial charge in [0.05, 0.1) is 25.0 Å². The number of rotatable bonds is 5. The van der Waals surface area contributed by atoms with E-state index in [9.17, 15) is 0 Å². The maximum Gasteiger partial charge on any atom is 0.194 e. The van der Waals surface area contributed by atoms with Gasteiger partial charge in [-0.3, -0.25) is 14.9 Å². The van der Waals surface area contributed by atoms with E-state index in [1.165, 1.54) is 0 Å². The van der Waals surface area contributed by atoms with Gasteiger partial charge in [0, 0.05) is 63.2 Å². The van der Waals surface area contributed by atoms with E-state index in [0.29, 0.717) is 6.54 Å². The summed E-state index contributed by atoms with van der Waals surface area (Å²) in [7, 11) is 3.52. The van der Waals surface area contributed by atoms with Gasteiger partial charge in [0.1, 0.15) is 12.0 Å². The summed E-state index contributed by atoms with van der Waals surface area (Å²) in [5, 5.41) is 7.43. The van der Waals surface area contributed by atoms with Gasteiger partial charge in [-0.25, -0.2) is 0 Å². The van der Waals surface area contributed by atoms with Crippen LogP contribution in [0.4, 0.5) is 0 Å². The molecule has 0 aliphatic carbocycles. The van der Waals surface area contributed by atoms with Crippen LogP contribution in [-0.4, -0.2) is 66.2 Å². The van der Waals surface area contributed by atoms with Gasteiger partial charge in [-0.2, -0.15) is 0 Å². The normalized spacial score (nSPS) is 15.9. The molecule has 0 bridgehead atoms. The predicted octanol–water partition coefficient (Wildman–Crippen LogP) is 1.59. The van der Waals surface area contributed by atoms with Gasteiger partial charge >= 0.3 is 0 Å². The van der Waals surface area contributed by atoms with Crippen molar-refractivity contribution in [3.63, 3.8) is 0 Å². The van der Waals surface area contributed by atoms with Crippen LogP contribution < -0.4 is 10.1 Å². The molecule has 0 radical (unpaired) electrons. The number of aliphatic imine (C=N–C) groups is 1. The highest BCUT2D eigenvalue weighted by atomic mass is 16.5. The van der Waals surface area contributed by atoms with E-state index in [1.54, 1.807) is 13.4 Å². The van der Waals surface area contributed by atoms with Crippen LogP contribution in [0.5, 0.6) is 5.75 Å². The lowest BCUT2D eigenvalue weighted by molar-refractivity contribution is 0.169. The first-order chi connectivity index (χ1) is 13.1. The van der Waals surface area contributed by atoms with Crippen LogP contribution in [0, 0.1) is 13.8 Å². The van der Waals surface area contributed by atoms with Crippen molar-refractivity contribution in [3.05, 3.63) is 41.0 Å². The second kappa shape index (κ2) is 8.85. The summed E-state index contributed by atoms with van der Waals surface area (Å²) in [5.74, 6) is 1.80. The van der Waals surface area contributed by atoms with Crippen LogP contribution in [0.2, 0.25) is 0 Å². The molecule has 27 heavy (non-hydrogen) atoms. The lowest BCUT2D eigenvalue weighted by atomic mass is 10.1. The molecule has 0 saturated carbocycles. The standard InChI is InChI=1S/C19H28N6O2/c1-14-11-21-17(15(2)18(14)26-4)12-22-19(20-3)25-8-6-24(7-9-25)13-16-5-10-27-23-16/h5,10-11H,6-9,12-13H2,1-4H3,(H,20,22). The maximum absolute atomic E-state index is 5.49. The Hall–Kier alpha value is -2.61. The van der Waals surface area contributed by atoms with Crippen LogP contribution in [0.1, 0.15) is 22.5 Å². The minimum atomic E-state index is 0.619. The van der Waals surface area contributed by atoms with Crippen LogP contribution in [0.15, 0.2) is 28.0 Å². The zero-order valence-electron chi connectivity index (χ0n) is 16.5. The van der Waals surface area contributed by atoms with Gasteiger partial charge in [-0.15, -0.1) is 0 Å². The molecule has 8 nitrogen and oxygen atoms in total. The van der Waals surface area contributed by atoms with Gasteiger partial charge in [0.2, 0.25) is 0 Å². The molecule has 3 rings (SSSR count). The Labute approximate surface area is 160 Å². The molecule has 1 aliphatic heterocycles. The van der Waals surface area contributed by atoms with Crippen LogP contribution in [-0.2, 0) is 13.1 Å². The van der Waals surface area contributed by atoms with Crippen molar-refractivity contribution in [3.8, 4) is 5.75 Å². The fraction of sp³-hybridized carbons (Fsp3) is 0.526. The summed E-state index contributed by atoms with van der Waals surface area (Å²) < 4.78 is 10.4. The van der Waals surface area contributed by atoms with Gasteiger partial charge in [-0.05, 0) is 13.8 Å². The smallest absolute Gasteiger partial charge is 0.194 e. The average Bonchev–Trinajstić information content (AvgIpc) is 3.18. The first kappa shape index (κ1) is 19.2. The Morgan fingerprint density at radius 3 is 2.70 bits per heavy atom. The first-order valence-corrected chi connectivity index (χ1v) is 9.18. The molecule has 1 saturated heterocycles. The zero-order valence-corrected chi connectivity index (χ0v) is 16.5. The molecule has 0 amide bonds. The van der Waals surface area contributed by atoms with Crippen LogP contribution in [0.25, 0.3) is 0 Å². The number of pyridine rings is 1. The molecule has 0 spiro atoms.